The molecule has 23 heavy (non-hydrogen) atoms. The van der Waals surface area contributed by atoms with E-state index in [0.717, 1.165) is 43.2 Å². The second kappa shape index (κ2) is 5.73. The first-order chi connectivity index (χ1) is 11.2. The van der Waals surface area contributed by atoms with Crippen LogP contribution in [0.3, 0.4) is 0 Å². The van der Waals surface area contributed by atoms with E-state index in [4.69, 9.17) is 0 Å². The lowest BCUT2D eigenvalue weighted by molar-refractivity contribution is 0.169. The molecule has 0 atom stereocenters. The molecule has 4 heterocycles. The summed E-state index contributed by atoms with van der Waals surface area (Å²) in [4.78, 5) is 2.52. The third kappa shape index (κ3) is 2.61. The highest BCUT2D eigenvalue weighted by atomic mass is 15.4. The predicted molar refractivity (Wildman–Crippen MR) is 86.6 cm³/mol. The van der Waals surface area contributed by atoms with Crippen molar-refractivity contribution in [1.82, 2.24) is 34.5 Å². The molecule has 1 fully saturated rings. The molecule has 0 saturated carbocycles. The number of nitrogens with zero attached hydrogens (tertiary/aromatic N) is 7. The number of fused-ring (bicyclic) bond motifs is 1. The van der Waals surface area contributed by atoms with Gasteiger partial charge in [-0.15, -0.1) is 15.3 Å². The second-order valence-electron chi connectivity index (χ2n) is 6.37. The number of rotatable bonds is 3. The molecule has 0 amide bonds. The van der Waals surface area contributed by atoms with Gasteiger partial charge in [-0.25, -0.2) is 4.68 Å². The van der Waals surface area contributed by atoms with Crippen LogP contribution in [0.5, 0.6) is 0 Å². The molecule has 0 aromatic carbocycles. The van der Waals surface area contributed by atoms with Crippen LogP contribution < -0.4 is 0 Å². The van der Waals surface area contributed by atoms with Crippen molar-refractivity contribution in [3.8, 4) is 5.82 Å². The molecule has 0 radical (unpaired) electrons. The van der Waals surface area contributed by atoms with Gasteiger partial charge in [0, 0.05) is 24.4 Å². The molecule has 0 aliphatic carbocycles. The Bertz CT molecular complexity index is 782. The fraction of sp³-hybridized carbons (Fsp3) is 0.500. The van der Waals surface area contributed by atoms with E-state index in [1.807, 2.05) is 28.9 Å². The largest absolute Gasteiger partial charge is 0.301 e. The summed E-state index contributed by atoms with van der Waals surface area (Å²) in [6.45, 7) is 6.72. The number of likely N-dealkylation sites (tertiary alicyclic amines) is 1. The van der Waals surface area contributed by atoms with Crippen LogP contribution >= 0.6 is 0 Å². The summed E-state index contributed by atoms with van der Waals surface area (Å²) >= 11 is 0. The van der Waals surface area contributed by atoms with E-state index in [-0.39, 0.29) is 0 Å². The van der Waals surface area contributed by atoms with Crippen LogP contribution in [-0.4, -0.2) is 53.6 Å². The van der Waals surface area contributed by atoms with Crippen molar-refractivity contribution < 1.29 is 0 Å². The lowest BCUT2D eigenvalue weighted by Gasteiger charge is -2.33. The first kappa shape index (κ1) is 14.3. The van der Waals surface area contributed by atoms with Crippen molar-refractivity contribution >= 4 is 5.65 Å². The highest BCUT2D eigenvalue weighted by Gasteiger charge is 2.26. The fourth-order valence-electron chi connectivity index (χ4n) is 3.25. The average molecular weight is 311 g/mol. The van der Waals surface area contributed by atoms with Gasteiger partial charge in [0.1, 0.15) is 0 Å². The standard InChI is InChI=1S/C16H21N7/c1-12(2)21-10-6-13(7-11-21)16-19-18-14-4-5-15(20-23(14)16)22-9-3-8-17-22/h3-5,8-9,12-13H,6-7,10-11H2,1-2H3. The highest BCUT2D eigenvalue weighted by Crippen LogP contribution is 2.27. The van der Waals surface area contributed by atoms with Crippen LogP contribution in [-0.2, 0) is 0 Å². The summed E-state index contributed by atoms with van der Waals surface area (Å²) in [5, 5.41) is 17.6. The van der Waals surface area contributed by atoms with E-state index < -0.39 is 0 Å². The first-order valence-electron chi connectivity index (χ1n) is 8.19. The van der Waals surface area contributed by atoms with Crippen LogP contribution in [0, 0.1) is 0 Å². The maximum absolute atomic E-state index is 4.69. The maximum atomic E-state index is 4.69. The van der Waals surface area contributed by atoms with Gasteiger partial charge in [-0.1, -0.05) is 0 Å². The smallest absolute Gasteiger partial charge is 0.178 e. The van der Waals surface area contributed by atoms with E-state index in [9.17, 15) is 0 Å². The Balaban J connectivity index is 1.64. The minimum absolute atomic E-state index is 0.417. The summed E-state index contributed by atoms with van der Waals surface area (Å²) in [5.41, 5.74) is 0.794. The summed E-state index contributed by atoms with van der Waals surface area (Å²) in [6, 6.07) is 6.36. The van der Waals surface area contributed by atoms with Gasteiger partial charge in [-0.2, -0.15) is 9.61 Å². The normalized spacial score (nSPS) is 17.3. The molecule has 7 nitrogen and oxygen atoms in total. The molecule has 0 bridgehead atoms. The van der Waals surface area contributed by atoms with Gasteiger partial charge in [0.05, 0.1) is 0 Å². The summed E-state index contributed by atoms with van der Waals surface area (Å²) in [5.74, 6) is 2.17. The Labute approximate surface area is 134 Å². The Morgan fingerprint density at radius 2 is 1.96 bits per heavy atom. The summed E-state index contributed by atoms with van der Waals surface area (Å²) in [7, 11) is 0. The van der Waals surface area contributed by atoms with Crippen LogP contribution in [0.25, 0.3) is 11.5 Å². The molecule has 3 aromatic rings. The van der Waals surface area contributed by atoms with Gasteiger partial charge in [-0.05, 0) is 58.0 Å². The highest BCUT2D eigenvalue weighted by molar-refractivity contribution is 5.39. The van der Waals surface area contributed by atoms with Crippen molar-refractivity contribution in [1.29, 1.82) is 0 Å². The quantitative estimate of drug-likeness (QED) is 0.739. The van der Waals surface area contributed by atoms with Crippen molar-refractivity contribution in [3.05, 3.63) is 36.4 Å². The molecule has 0 spiro atoms. The molecule has 0 N–H and O–H groups in total. The number of hydrogen-bond donors (Lipinski definition) is 0. The lowest BCUT2D eigenvalue weighted by Crippen LogP contribution is -2.38. The molecular weight excluding hydrogens is 290 g/mol. The second-order valence-corrected chi connectivity index (χ2v) is 6.37. The zero-order chi connectivity index (χ0) is 15.8. The van der Waals surface area contributed by atoms with Crippen molar-refractivity contribution in [2.45, 2.75) is 38.6 Å². The Hall–Kier alpha value is -2.28. The third-order valence-electron chi connectivity index (χ3n) is 4.64. The molecule has 1 saturated heterocycles. The molecule has 120 valence electrons. The number of aromatic nitrogens is 6. The molecule has 4 rings (SSSR count). The van der Waals surface area contributed by atoms with E-state index in [1.54, 1.807) is 10.9 Å². The van der Waals surface area contributed by atoms with E-state index in [2.05, 4.69) is 39.1 Å². The number of hydrogen-bond acceptors (Lipinski definition) is 5. The van der Waals surface area contributed by atoms with Crippen molar-refractivity contribution in [3.63, 3.8) is 0 Å². The zero-order valence-corrected chi connectivity index (χ0v) is 13.5. The Morgan fingerprint density at radius 1 is 1.13 bits per heavy atom. The van der Waals surface area contributed by atoms with Gasteiger partial charge >= 0.3 is 0 Å². The molecular formula is C16H21N7. The molecule has 3 aromatic heterocycles. The van der Waals surface area contributed by atoms with Crippen LogP contribution in [0.2, 0.25) is 0 Å². The molecule has 1 aliphatic heterocycles. The fourth-order valence-corrected chi connectivity index (χ4v) is 3.25. The third-order valence-corrected chi connectivity index (χ3v) is 4.64. The van der Waals surface area contributed by atoms with Crippen LogP contribution in [0.15, 0.2) is 30.6 Å². The predicted octanol–water partition coefficient (Wildman–Crippen LogP) is 1.90. The SMILES string of the molecule is CC(C)N1CCC(c2nnc3ccc(-n4cccn4)nn23)CC1. The van der Waals surface area contributed by atoms with Gasteiger partial charge in [0.25, 0.3) is 0 Å². The number of piperidine rings is 1. The lowest BCUT2D eigenvalue weighted by atomic mass is 9.95. The average Bonchev–Trinajstić information content (AvgIpc) is 3.24. The minimum atomic E-state index is 0.417. The maximum Gasteiger partial charge on any atom is 0.178 e. The van der Waals surface area contributed by atoms with Gasteiger partial charge < -0.3 is 4.90 Å². The van der Waals surface area contributed by atoms with Crippen molar-refractivity contribution in [2.75, 3.05) is 13.1 Å². The van der Waals surface area contributed by atoms with Gasteiger partial charge in [0.2, 0.25) is 0 Å². The van der Waals surface area contributed by atoms with E-state index >= 15 is 0 Å². The van der Waals surface area contributed by atoms with Crippen LogP contribution in [0.4, 0.5) is 0 Å². The van der Waals surface area contributed by atoms with E-state index in [0.29, 0.717) is 12.0 Å². The van der Waals surface area contributed by atoms with Crippen molar-refractivity contribution in [2.24, 2.45) is 0 Å². The molecule has 7 heteroatoms. The van der Waals surface area contributed by atoms with Gasteiger partial charge in [-0.3, -0.25) is 0 Å². The minimum Gasteiger partial charge on any atom is -0.301 e. The topological polar surface area (TPSA) is 64.1 Å². The Morgan fingerprint density at radius 3 is 2.65 bits per heavy atom. The monoisotopic (exact) mass is 311 g/mol. The van der Waals surface area contributed by atoms with E-state index in [1.165, 1.54) is 0 Å². The summed E-state index contributed by atoms with van der Waals surface area (Å²) < 4.78 is 3.64. The molecule has 1 aliphatic rings. The zero-order valence-electron chi connectivity index (χ0n) is 13.5. The van der Waals surface area contributed by atoms with Gasteiger partial charge in [0.15, 0.2) is 17.3 Å². The summed E-state index contributed by atoms with van der Waals surface area (Å²) in [6.07, 6.45) is 5.85. The first-order valence-corrected chi connectivity index (χ1v) is 8.19. The van der Waals surface area contributed by atoms with Crippen LogP contribution in [0.1, 0.15) is 38.4 Å². The molecule has 0 unspecified atom stereocenters. The Kier molecular flexibility index (Phi) is 3.57.